The number of nitrogens with one attached hydrogen (secondary N) is 2. The lowest BCUT2D eigenvalue weighted by Gasteiger charge is -2.12. The summed E-state index contributed by atoms with van der Waals surface area (Å²) in [6.07, 6.45) is 0. The van der Waals surface area contributed by atoms with E-state index in [1.54, 1.807) is 30.3 Å². The molecule has 0 heterocycles. The molecule has 0 bridgehead atoms. The SMILES string of the molecule is CCSc1ccc(Cl)cc1C(=O)NNOC(=O)c1cc(C)cc(Br)c1N. The van der Waals surface area contributed by atoms with E-state index >= 15 is 0 Å². The summed E-state index contributed by atoms with van der Waals surface area (Å²) in [4.78, 5) is 30.1. The number of hydrogen-bond donors (Lipinski definition) is 3. The predicted molar refractivity (Wildman–Crippen MR) is 107 cm³/mol. The molecule has 4 N–H and O–H groups in total. The van der Waals surface area contributed by atoms with Gasteiger partial charge in [0.05, 0.1) is 16.8 Å². The number of carbonyl (C=O) groups excluding carboxylic acids is 2. The van der Waals surface area contributed by atoms with Crippen LogP contribution >= 0.6 is 39.3 Å². The van der Waals surface area contributed by atoms with Crippen molar-refractivity contribution in [3.8, 4) is 0 Å². The van der Waals surface area contributed by atoms with Crippen LogP contribution in [0.15, 0.2) is 39.7 Å². The second-order valence-corrected chi connectivity index (χ2v) is 7.82. The lowest BCUT2D eigenvalue weighted by molar-refractivity contribution is 0.0138. The van der Waals surface area contributed by atoms with Crippen molar-refractivity contribution >= 4 is 56.9 Å². The lowest BCUT2D eigenvalue weighted by atomic mass is 10.1. The second kappa shape index (κ2) is 9.27. The molecule has 2 rings (SSSR count). The van der Waals surface area contributed by atoms with E-state index in [-0.39, 0.29) is 11.3 Å². The fraction of sp³-hybridized carbons (Fsp3) is 0.176. The van der Waals surface area contributed by atoms with Gasteiger partial charge in [-0.1, -0.05) is 24.1 Å². The molecule has 0 aliphatic rings. The van der Waals surface area contributed by atoms with E-state index in [2.05, 4.69) is 26.9 Å². The molecule has 138 valence electrons. The first-order chi connectivity index (χ1) is 12.3. The zero-order valence-electron chi connectivity index (χ0n) is 14.1. The minimum atomic E-state index is -0.721. The summed E-state index contributed by atoms with van der Waals surface area (Å²) in [5.41, 5.74) is 12.0. The molecule has 0 fully saturated rings. The molecule has 0 saturated carbocycles. The number of rotatable bonds is 6. The Kier molecular flexibility index (Phi) is 7.33. The highest BCUT2D eigenvalue weighted by atomic mass is 79.9. The molecule has 0 spiro atoms. The molecule has 2 aromatic carbocycles. The van der Waals surface area contributed by atoms with Crippen molar-refractivity contribution in [1.82, 2.24) is 11.0 Å². The highest BCUT2D eigenvalue weighted by molar-refractivity contribution is 9.10. The molecule has 2 aromatic rings. The lowest BCUT2D eigenvalue weighted by Crippen LogP contribution is -2.39. The van der Waals surface area contributed by atoms with Crippen molar-refractivity contribution < 1.29 is 14.4 Å². The third-order valence-electron chi connectivity index (χ3n) is 3.29. The van der Waals surface area contributed by atoms with Gasteiger partial charge in [-0.25, -0.2) is 4.79 Å². The molecule has 0 radical (unpaired) electrons. The van der Waals surface area contributed by atoms with Gasteiger partial charge in [-0.3, -0.25) is 10.2 Å². The van der Waals surface area contributed by atoms with Gasteiger partial charge < -0.3 is 10.6 Å². The molecule has 1 amide bonds. The molecule has 9 heteroatoms. The Morgan fingerprint density at radius 2 is 2.00 bits per heavy atom. The fourth-order valence-corrected chi connectivity index (χ4v) is 3.65. The van der Waals surface area contributed by atoms with Gasteiger partial charge in [-0.15, -0.1) is 11.8 Å². The van der Waals surface area contributed by atoms with E-state index in [0.717, 1.165) is 16.2 Å². The maximum Gasteiger partial charge on any atom is 0.360 e. The molecule has 0 aliphatic heterocycles. The molecule has 0 aliphatic carbocycles. The third kappa shape index (κ3) is 5.14. The molecule has 26 heavy (non-hydrogen) atoms. The quantitative estimate of drug-likeness (QED) is 0.343. The van der Waals surface area contributed by atoms with E-state index in [9.17, 15) is 9.59 Å². The Morgan fingerprint density at radius 3 is 2.69 bits per heavy atom. The van der Waals surface area contributed by atoms with Crippen LogP contribution < -0.4 is 16.7 Å². The smallest absolute Gasteiger partial charge is 0.360 e. The van der Waals surface area contributed by atoms with Crippen molar-refractivity contribution in [1.29, 1.82) is 0 Å². The number of benzene rings is 2. The van der Waals surface area contributed by atoms with Crippen LogP contribution in [0.25, 0.3) is 0 Å². The van der Waals surface area contributed by atoms with Crippen LogP contribution in [-0.4, -0.2) is 17.6 Å². The van der Waals surface area contributed by atoms with Gasteiger partial charge in [-0.05, 0) is 64.5 Å². The van der Waals surface area contributed by atoms with Crippen LogP contribution in [-0.2, 0) is 4.84 Å². The third-order valence-corrected chi connectivity index (χ3v) is 5.14. The van der Waals surface area contributed by atoms with Crippen LogP contribution in [0.2, 0.25) is 5.02 Å². The molecule has 0 aromatic heterocycles. The molecule has 0 saturated heterocycles. The average molecular weight is 459 g/mol. The minimum Gasteiger partial charge on any atom is -0.397 e. The monoisotopic (exact) mass is 457 g/mol. The molecule has 0 atom stereocenters. The number of thioether (sulfide) groups is 1. The van der Waals surface area contributed by atoms with E-state index in [1.807, 2.05) is 13.8 Å². The zero-order valence-corrected chi connectivity index (χ0v) is 17.2. The van der Waals surface area contributed by atoms with Crippen LogP contribution in [0.5, 0.6) is 0 Å². The van der Waals surface area contributed by atoms with Crippen molar-refractivity contribution in [2.45, 2.75) is 18.7 Å². The summed E-state index contributed by atoms with van der Waals surface area (Å²) in [5.74, 6) is -0.401. The summed E-state index contributed by atoms with van der Waals surface area (Å²) in [6.45, 7) is 3.80. The van der Waals surface area contributed by atoms with Gasteiger partial charge in [-0.2, -0.15) is 0 Å². The Balaban J connectivity index is 2.03. The highest BCUT2D eigenvalue weighted by Crippen LogP contribution is 2.26. The number of nitrogens with two attached hydrogens (primary N) is 1. The summed E-state index contributed by atoms with van der Waals surface area (Å²) in [5, 5.41) is 0.435. The van der Waals surface area contributed by atoms with Gasteiger partial charge in [0.15, 0.2) is 0 Å². The second-order valence-electron chi connectivity index (χ2n) is 5.23. The average Bonchev–Trinajstić information content (AvgIpc) is 2.59. The first-order valence-electron chi connectivity index (χ1n) is 7.58. The summed E-state index contributed by atoms with van der Waals surface area (Å²) in [6, 6.07) is 8.41. The minimum absolute atomic E-state index is 0.184. The Morgan fingerprint density at radius 1 is 1.27 bits per heavy atom. The predicted octanol–water partition coefficient (Wildman–Crippen LogP) is 4.11. The number of anilines is 1. The van der Waals surface area contributed by atoms with Crippen LogP contribution in [0.4, 0.5) is 5.69 Å². The summed E-state index contributed by atoms with van der Waals surface area (Å²) >= 11 is 10.7. The van der Waals surface area contributed by atoms with Crippen molar-refractivity contribution in [3.63, 3.8) is 0 Å². The number of carbonyl (C=O) groups is 2. The number of amides is 1. The number of hydrogen-bond acceptors (Lipinski definition) is 6. The van der Waals surface area contributed by atoms with Gasteiger partial charge in [0.1, 0.15) is 0 Å². The van der Waals surface area contributed by atoms with Gasteiger partial charge >= 0.3 is 5.97 Å². The number of aryl methyl sites for hydroxylation is 1. The Labute approximate surface area is 168 Å². The largest absolute Gasteiger partial charge is 0.397 e. The van der Waals surface area contributed by atoms with Crippen LogP contribution in [0, 0.1) is 6.92 Å². The van der Waals surface area contributed by atoms with E-state index in [0.29, 0.717) is 15.1 Å². The van der Waals surface area contributed by atoms with Crippen molar-refractivity contribution in [2.75, 3.05) is 11.5 Å². The van der Waals surface area contributed by atoms with E-state index < -0.39 is 11.9 Å². The number of hydrazine groups is 1. The zero-order chi connectivity index (χ0) is 19.3. The molecule has 6 nitrogen and oxygen atoms in total. The highest BCUT2D eigenvalue weighted by Gasteiger charge is 2.16. The first-order valence-corrected chi connectivity index (χ1v) is 9.73. The normalized spacial score (nSPS) is 10.5. The fourth-order valence-electron chi connectivity index (χ4n) is 2.12. The molecule has 0 unspecified atom stereocenters. The number of halogens is 2. The topological polar surface area (TPSA) is 93.5 Å². The Bertz CT molecular complexity index is 848. The van der Waals surface area contributed by atoms with E-state index in [1.165, 1.54) is 11.8 Å². The van der Waals surface area contributed by atoms with Gasteiger partial charge in [0, 0.05) is 14.4 Å². The maximum atomic E-state index is 12.3. The standard InChI is InChI=1S/C17H17BrClN3O3S/c1-3-26-14-5-4-10(19)8-11(14)16(23)21-22-25-17(24)12-6-9(2)7-13(18)15(12)20/h4-8,22H,3,20H2,1-2H3,(H,21,23). The molecular formula is C17H17BrClN3O3S. The van der Waals surface area contributed by atoms with Gasteiger partial charge in [0.2, 0.25) is 0 Å². The number of nitrogen functional groups attached to an aromatic ring is 1. The summed E-state index contributed by atoms with van der Waals surface area (Å²) < 4.78 is 0.591. The Hall–Kier alpha value is -1.74. The van der Waals surface area contributed by atoms with Gasteiger partial charge in [0.25, 0.3) is 5.91 Å². The van der Waals surface area contributed by atoms with Crippen molar-refractivity contribution in [2.24, 2.45) is 0 Å². The summed E-state index contributed by atoms with van der Waals surface area (Å²) in [7, 11) is 0. The van der Waals surface area contributed by atoms with E-state index in [4.69, 9.17) is 22.2 Å². The van der Waals surface area contributed by atoms with Crippen molar-refractivity contribution in [3.05, 3.63) is 56.5 Å². The first kappa shape index (κ1) is 20.6. The van der Waals surface area contributed by atoms with Crippen LogP contribution in [0.3, 0.4) is 0 Å². The maximum absolute atomic E-state index is 12.3. The van der Waals surface area contributed by atoms with Crippen LogP contribution in [0.1, 0.15) is 33.2 Å². The molecular weight excluding hydrogens is 442 g/mol.